The van der Waals surface area contributed by atoms with Crippen LogP contribution in [0.2, 0.25) is 0 Å². The molecule has 0 saturated carbocycles. The minimum absolute atomic E-state index is 0.162. The monoisotopic (exact) mass is 332 g/mol. The summed E-state index contributed by atoms with van der Waals surface area (Å²) < 4.78 is 4.89. The molecule has 0 aliphatic rings. The maximum absolute atomic E-state index is 11.3. The third-order valence-electron chi connectivity index (χ3n) is 2.82. The number of hydrogen-bond donors (Lipinski definition) is 2. The van der Waals surface area contributed by atoms with Gasteiger partial charge >= 0.3 is 12.1 Å². The SMILES string of the molecule is CCCCCCCCCNC(=O)OC(C)CC(=O)O.CN(C)C. The van der Waals surface area contributed by atoms with E-state index in [2.05, 4.69) is 12.2 Å². The average Bonchev–Trinajstić information content (AvgIpc) is 2.40. The second-order valence-corrected chi connectivity index (χ2v) is 6.20. The minimum atomic E-state index is -0.965. The second kappa shape index (κ2) is 17.1. The van der Waals surface area contributed by atoms with E-state index in [-0.39, 0.29) is 6.42 Å². The first kappa shape index (κ1) is 24.0. The van der Waals surface area contributed by atoms with Crippen LogP contribution in [-0.2, 0) is 9.53 Å². The number of hydrogen-bond acceptors (Lipinski definition) is 4. The summed E-state index contributed by atoms with van der Waals surface area (Å²) in [5.41, 5.74) is 0. The Morgan fingerprint density at radius 2 is 1.52 bits per heavy atom. The molecule has 0 aromatic heterocycles. The van der Waals surface area contributed by atoms with E-state index in [1.54, 1.807) is 6.92 Å². The zero-order chi connectivity index (χ0) is 18.1. The molecule has 2 N–H and O–H groups in total. The van der Waals surface area contributed by atoms with Crippen LogP contribution in [0.25, 0.3) is 0 Å². The highest BCUT2D eigenvalue weighted by Crippen LogP contribution is 2.06. The number of unbranched alkanes of at least 4 members (excludes halogenated alkanes) is 6. The lowest BCUT2D eigenvalue weighted by Gasteiger charge is -2.11. The highest BCUT2D eigenvalue weighted by Gasteiger charge is 2.12. The Balaban J connectivity index is 0. The summed E-state index contributed by atoms with van der Waals surface area (Å²) in [6.45, 7) is 4.36. The van der Waals surface area contributed by atoms with Crippen LogP contribution in [0.4, 0.5) is 4.79 Å². The van der Waals surface area contributed by atoms with Gasteiger partial charge in [-0.1, -0.05) is 45.4 Å². The van der Waals surface area contributed by atoms with Gasteiger partial charge in [0.1, 0.15) is 6.10 Å². The van der Waals surface area contributed by atoms with Crippen LogP contribution >= 0.6 is 0 Å². The van der Waals surface area contributed by atoms with Crippen molar-refractivity contribution in [2.75, 3.05) is 27.7 Å². The normalized spacial score (nSPS) is 11.4. The van der Waals surface area contributed by atoms with Crippen molar-refractivity contribution < 1.29 is 19.4 Å². The number of ether oxygens (including phenoxy) is 1. The van der Waals surface area contributed by atoms with Crippen molar-refractivity contribution in [1.82, 2.24) is 10.2 Å². The Morgan fingerprint density at radius 3 is 2.00 bits per heavy atom. The Bertz CT molecular complexity index is 294. The van der Waals surface area contributed by atoms with Crippen LogP contribution in [0.3, 0.4) is 0 Å². The lowest BCUT2D eigenvalue weighted by molar-refractivity contribution is -0.138. The Kier molecular flexibility index (Phi) is 17.8. The molecule has 6 heteroatoms. The molecule has 0 fully saturated rings. The molecule has 0 rings (SSSR count). The summed E-state index contributed by atoms with van der Waals surface area (Å²) in [7, 11) is 6.00. The first-order valence-electron chi connectivity index (χ1n) is 8.56. The maximum Gasteiger partial charge on any atom is 0.407 e. The van der Waals surface area contributed by atoms with Gasteiger partial charge in [0, 0.05) is 6.54 Å². The summed E-state index contributed by atoms with van der Waals surface area (Å²) >= 11 is 0. The van der Waals surface area contributed by atoms with Gasteiger partial charge < -0.3 is 20.1 Å². The van der Waals surface area contributed by atoms with Gasteiger partial charge in [0.05, 0.1) is 6.42 Å². The highest BCUT2D eigenvalue weighted by atomic mass is 16.6. The molecule has 0 saturated heterocycles. The lowest BCUT2D eigenvalue weighted by atomic mass is 10.1. The van der Waals surface area contributed by atoms with Crippen molar-refractivity contribution in [2.45, 2.75) is 71.3 Å². The largest absolute Gasteiger partial charge is 0.481 e. The van der Waals surface area contributed by atoms with Crippen molar-refractivity contribution in [3.63, 3.8) is 0 Å². The first-order chi connectivity index (χ1) is 10.8. The van der Waals surface area contributed by atoms with Gasteiger partial charge in [0.25, 0.3) is 0 Å². The molecule has 1 amide bonds. The van der Waals surface area contributed by atoms with Gasteiger partial charge in [-0.3, -0.25) is 4.79 Å². The number of carboxylic acid groups (broad SMARTS) is 1. The third kappa shape index (κ3) is 26.0. The molecule has 23 heavy (non-hydrogen) atoms. The average molecular weight is 332 g/mol. The number of carbonyl (C=O) groups excluding carboxylic acids is 1. The van der Waals surface area contributed by atoms with E-state index in [9.17, 15) is 9.59 Å². The van der Waals surface area contributed by atoms with Gasteiger partial charge in [0.15, 0.2) is 0 Å². The molecule has 0 radical (unpaired) electrons. The topological polar surface area (TPSA) is 78.9 Å². The highest BCUT2D eigenvalue weighted by molar-refractivity contribution is 5.70. The van der Waals surface area contributed by atoms with Crippen LogP contribution in [-0.4, -0.2) is 55.9 Å². The van der Waals surface area contributed by atoms with E-state index in [0.29, 0.717) is 6.54 Å². The summed E-state index contributed by atoms with van der Waals surface area (Å²) in [5, 5.41) is 11.2. The van der Waals surface area contributed by atoms with E-state index < -0.39 is 18.2 Å². The van der Waals surface area contributed by atoms with Gasteiger partial charge in [-0.15, -0.1) is 0 Å². The van der Waals surface area contributed by atoms with Crippen molar-refractivity contribution in [3.05, 3.63) is 0 Å². The van der Waals surface area contributed by atoms with E-state index in [4.69, 9.17) is 9.84 Å². The Hall–Kier alpha value is -1.30. The maximum atomic E-state index is 11.3. The molecule has 138 valence electrons. The number of nitrogens with one attached hydrogen (secondary N) is 1. The van der Waals surface area contributed by atoms with Crippen molar-refractivity contribution in [3.8, 4) is 0 Å². The Morgan fingerprint density at radius 1 is 1.04 bits per heavy atom. The summed E-state index contributed by atoms with van der Waals surface area (Å²) in [6.07, 6.45) is 7.06. The van der Waals surface area contributed by atoms with Crippen molar-refractivity contribution in [1.29, 1.82) is 0 Å². The molecule has 0 bridgehead atoms. The van der Waals surface area contributed by atoms with Gasteiger partial charge in [-0.05, 0) is 34.5 Å². The van der Waals surface area contributed by atoms with Crippen molar-refractivity contribution in [2.24, 2.45) is 0 Å². The third-order valence-corrected chi connectivity index (χ3v) is 2.82. The molecular weight excluding hydrogens is 296 g/mol. The van der Waals surface area contributed by atoms with Crippen LogP contribution in [0.5, 0.6) is 0 Å². The second-order valence-electron chi connectivity index (χ2n) is 6.20. The fourth-order valence-corrected chi connectivity index (χ4v) is 1.78. The predicted molar refractivity (Wildman–Crippen MR) is 93.8 cm³/mol. The lowest BCUT2D eigenvalue weighted by Crippen LogP contribution is -2.29. The van der Waals surface area contributed by atoms with E-state index in [1.165, 1.54) is 32.1 Å². The summed E-state index contributed by atoms with van der Waals surface area (Å²) in [5.74, 6) is -0.965. The van der Waals surface area contributed by atoms with Crippen LogP contribution in [0.1, 0.15) is 65.2 Å². The zero-order valence-electron chi connectivity index (χ0n) is 15.6. The fourth-order valence-electron chi connectivity index (χ4n) is 1.78. The molecular formula is C17H36N2O4. The number of rotatable bonds is 11. The quantitative estimate of drug-likeness (QED) is 0.566. The molecule has 0 spiro atoms. The molecule has 0 aliphatic carbocycles. The van der Waals surface area contributed by atoms with E-state index >= 15 is 0 Å². The van der Waals surface area contributed by atoms with Gasteiger partial charge in [0.2, 0.25) is 0 Å². The summed E-state index contributed by atoms with van der Waals surface area (Å²) in [4.78, 5) is 23.7. The molecule has 0 aliphatic heterocycles. The molecule has 0 aromatic carbocycles. The van der Waals surface area contributed by atoms with E-state index in [0.717, 1.165) is 12.8 Å². The molecule has 1 unspecified atom stereocenters. The van der Waals surface area contributed by atoms with Crippen LogP contribution < -0.4 is 5.32 Å². The Labute approximate surface area is 141 Å². The number of nitrogens with zero attached hydrogens (tertiary/aromatic N) is 1. The first-order valence-corrected chi connectivity index (χ1v) is 8.56. The minimum Gasteiger partial charge on any atom is -0.481 e. The van der Waals surface area contributed by atoms with Crippen molar-refractivity contribution >= 4 is 12.1 Å². The van der Waals surface area contributed by atoms with Gasteiger partial charge in [-0.2, -0.15) is 0 Å². The van der Waals surface area contributed by atoms with Gasteiger partial charge in [-0.25, -0.2) is 4.79 Å². The smallest absolute Gasteiger partial charge is 0.407 e. The molecule has 1 atom stereocenters. The van der Waals surface area contributed by atoms with E-state index in [1.807, 2.05) is 26.0 Å². The number of alkyl carbamates (subject to hydrolysis) is 1. The number of amides is 1. The number of aliphatic carboxylic acids is 1. The number of carboxylic acids is 1. The van der Waals surface area contributed by atoms with Crippen LogP contribution in [0.15, 0.2) is 0 Å². The zero-order valence-corrected chi connectivity index (χ0v) is 15.6. The number of carbonyl (C=O) groups is 2. The molecule has 0 heterocycles. The standard InChI is InChI=1S/C14H27NO4.C3H9N/c1-3-4-5-6-7-8-9-10-15-14(18)19-12(2)11-13(16)17;1-4(2)3/h12H,3-11H2,1-2H3,(H,15,18)(H,16,17);1-3H3. The van der Waals surface area contributed by atoms with Crippen LogP contribution in [0, 0.1) is 0 Å². The predicted octanol–water partition coefficient (Wildman–Crippen LogP) is 3.50. The fraction of sp³-hybridized carbons (Fsp3) is 0.882. The molecule has 0 aromatic rings. The summed E-state index contributed by atoms with van der Waals surface area (Å²) in [6, 6.07) is 0. The molecule has 6 nitrogen and oxygen atoms in total.